The van der Waals surface area contributed by atoms with Crippen molar-refractivity contribution in [1.29, 1.82) is 0 Å². The number of hydrogen-bond donors (Lipinski definition) is 2. The molecule has 0 aliphatic carbocycles. The van der Waals surface area contributed by atoms with Crippen LogP contribution in [0.1, 0.15) is 16.8 Å². The van der Waals surface area contributed by atoms with Crippen LogP contribution in [0, 0.1) is 16.0 Å². The predicted octanol–water partition coefficient (Wildman–Crippen LogP) is 0.392. The fourth-order valence-electron chi connectivity index (χ4n) is 1.79. The zero-order chi connectivity index (χ0) is 14.5. The Balaban J connectivity index is 1.92. The first kappa shape index (κ1) is 13.9. The maximum absolute atomic E-state index is 11.8. The largest absolute Gasteiger partial charge is 0.381 e. The summed E-state index contributed by atoms with van der Waals surface area (Å²) in [5.41, 5.74) is 4.42. The number of nitrogens with zero attached hydrogens (tertiary/aromatic N) is 1. The van der Waals surface area contributed by atoms with Crippen molar-refractivity contribution in [3.8, 4) is 0 Å². The monoisotopic (exact) mass is 279 g/mol. The van der Waals surface area contributed by atoms with Crippen molar-refractivity contribution < 1.29 is 19.2 Å². The Morgan fingerprint density at radius 2 is 2.15 bits per heavy atom. The van der Waals surface area contributed by atoms with E-state index in [0.29, 0.717) is 19.6 Å². The van der Waals surface area contributed by atoms with E-state index in [2.05, 4.69) is 10.9 Å². The number of nitro groups is 1. The number of carbonyl (C=O) groups excluding carboxylic acids is 2. The summed E-state index contributed by atoms with van der Waals surface area (Å²) in [7, 11) is 0. The molecule has 0 aromatic heterocycles. The van der Waals surface area contributed by atoms with Crippen molar-refractivity contribution in [2.24, 2.45) is 5.92 Å². The Morgan fingerprint density at radius 1 is 1.35 bits per heavy atom. The molecule has 1 aromatic rings. The molecule has 8 nitrogen and oxygen atoms in total. The van der Waals surface area contributed by atoms with E-state index in [0.717, 1.165) is 6.07 Å². The number of rotatable bonds is 3. The van der Waals surface area contributed by atoms with Crippen molar-refractivity contribution >= 4 is 17.5 Å². The van der Waals surface area contributed by atoms with E-state index in [4.69, 9.17) is 4.74 Å². The molecule has 1 aliphatic heterocycles. The molecule has 1 aromatic carbocycles. The van der Waals surface area contributed by atoms with Crippen LogP contribution in [0.15, 0.2) is 24.3 Å². The van der Waals surface area contributed by atoms with E-state index in [1.807, 2.05) is 0 Å². The van der Waals surface area contributed by atoms with Gasteiger partial charge in [0.1, 0.15) is 0 Å². The first-order valence-electron chi connectivity index (χ1n) is 6.00. The first-order valence-corrected chi connectivity index (χ1v) is 6.00. The quantitative estimate of drug-likeness (QED) is 0.614. The van der Waals surface area contributed by atoms with E-state index in [9.17, 15) is 19.7 Å². The molecule has 1 saturated heterocycles. The Morgan fingerprint density at radius 3 is 2.80 bits per heavy atom. The number of carbonyl (C=O) groups is 2. The van der Waals surface area contributed by atoms with Gasteiger partial charge in [0.15, 0.2) is 0 Å². The topological polar surface area (TPSA) is 111 Å². The summed E-state index contributed by atoms with van der Waals surface area (Å²) in [6, 6.07) is 5.25. The molecule has 2 amide bonds. The molecular weight excluding hydrogens is 266 g/mol. The number of nitro benzene ring substituents is 1. The summed E-state index contributed by atoms with van der Waals surface area (Å²) >= 11 is 0. The minimum Gasteiger partial charge on any atom is -0.381 e. The molecule has 1 atom stereocenters. The average Bonchev–Trinajstić information content (AvgIpc) is 2.98. The Kier molecular flexibility index (Phi) is 4.26. The lowest BCUT2D eigenvalue weighted by molar-refractivity contribution is -0.384. The molecule has 0 saturated carbocycles. The fourth-order valence-corrected chi connectivity index (χ4v) is 1.79. The zero-order valence-electron chi connectivity index (χ0n) is 10.5. The highest BCUT2D eigenvalue weighted by Gasteiger charge is 2.23. The normalized spacial score (nSPS) is 17.5. The highest BCUT2D eigenvalue weighted by molar-refractivity contribution is 5.96. The van der Waals surface area contributed by atoms with Gasteiger partial charge in [-0.3, -0.25) is 30.6 Å². The lowest BCUT2D eigenvalue weighted by Crippen LogP contribution is -2.44. The Hall–Kier alpha value is -2.48. The van der Waals surface area contributed by atoms with Gasteiger partial charge < -0.3 is 4.74 Å². The van der Waals surface area contributed by atoms with E-state index in [1.165, 1.54) is 18.2 Å². The number of ether oxygens (including phenoxy) is 1. The van der Waals surface area contributed by atoms with Gasteiger partial charge in [-0.05, 0) is 12.5 Å². The molecule has 1 unspecified atom stereocenters. The van der Waals surface area contributed by atoms with Crippen LogP contribution in [0.2, 0.25) is 0 Å². The molecule has 1 heterocycles. The zero-order valence-corrected chi connectivity index (χ0v) is 10.5. The second kappa shape index (κ2) is 6.11. The highest BCUT2D eigenvalue weighted by atomic mass is 16.6. The summed E-state index contributed by atoms with van der Waals surface area (Å²) in [6.07, 6.45) is 0.610. The average molecular weight is 279 g/mol. The summed E-state index contributed by atoms with van der Waals surface area (Å²) in [5, 5.41) is 10.6. The van der Waals surface area contributed by atoms with Crippen LogP contribution >= 0.6 is 0 Å². The third kappa shape index (κ3) is 3.29. The number of benzene rings is 1. The minimum atomic E-state index is -0.610. The van der Waals surface area contributed by atoms with Crippen LogP contribution in [-0.2, 0) is 9.53 Å². The molecule has 20 heavy (non-hydrogen) atoms. The maximum Gasteiger partial charge on any atom is 0.270 e. The van der Waals surface area contributed by atoms with Gasteiger partial charge in [-0.25, -0.2) is 0 Å². The number of hydrogen-bond acceptors (Lipinski definition) is 5. The summed E-state index contributed by atoms with van der Waals surface area (Å²) < 4.78 is 5.06. The van der Waals surface area contributed by atoms with E-state index in [1.54, 1.807) is 0 Å². The van der Waals surface area contributed by atoms with E-state index < -0.39 is 10.8 Å². The van der Waals surface area contributed by atoms with Crippen LogP contribution in [0.25, 0.3) is 0 Å². The van der Waals surface area contributed by atoms with Gasteiger partial charge in [0.25, 0.3) is 11.6 Å². The molecule has 1 fully saturated rings. The van der Waals surface area contributed by atoms with Crippen LogP contribution in [0.4, 0.5) is 5.69 Å². The van der Waals surface area contributed by atoms with Gasteiger partial charge in [-0.2, -0.15) is 0 Å². The third-order valence-corrected chi connectivity index (χ3v) is 2.92. The predicted molar refractivity (Wildman–Crippen MR) is 67.6 cm³/mol. The number of non-ortho nitro benzene ring substituents is 1. The third-order valence-electron chi connectivity index (χ3n) is 2.92. The molecule has 8 heteroatoms. The molecular formula is C12H13N3O5. The van der Waals surface area contributed by atoms with Crippen molar-refractivity contribution in [2.75, 3.05) is 13.2 Å². The van der Waals surface area contributed by atoms with E-state index >= 15 is 0 Å². The van der Waals surface area contributed by atoms with Gasteiger partial charge in [-0.15, -0.1) is 0 Å². The lowest BCUT2D eigenvalue weighted by atomic mass is 10.1. The van der Waals surface area contributed by atoms with Crippen molar-refractivity contribution in [1.82, 2.24) is 10.9 Å². The van der Waals surface area contributed by atoms with Crippen LogP contribution < -0.4 is 10.9 Å². The molecule has 1 aliphatic rings. The maximum atomic E-state index is 11.8. The molecule has 2 N–H and O–H groups in total. The molecule has 0 spiro atoms. The molecule has 0 bridgehead atoms. The number of nitrogens with one attached hydrogen (secondary N) is 2. The summed E-state index contributed by atoms with van der Waals surface area (Å²) in [4.78, 5) is 33.4. The molecule has 106 valence electrons. The standard InChI is InChI=1S/C12H13N3O5/c16-11(8-2-1-3-10(6-8)15(18)19)13-14-12(17)9-4-5-20-7-9/h1-3,6,9H,4-5,7H2,(H,13,16)(H,14,17). The highest BCUT2D eigenvalue weighted by Crippen LogP contribution is 2.13. The summed E-state index contributed by atoms with van der Waals surface area (Å²) in [6.45, 7) is 0.857. The SMILES string of the molecule is O=C(NNC(=O)C1CCOC1)c1cccc([N+](=O)[O-])c1. The van der Waals surface area contributed by atoms with Crippen molar-refractivity contribution in [3.05, 3.63) is 39.9 Å². The Bertz CT molecular complexity index is 540. The van der Waals surface area contributed by atoms with Gasteiger partial charge in [0.2, 0.25) is 5.91 Å². The van der Waals surface area contributed by atoms with Gasteiger partial charge >= 0.3 is 0 Å². The lowest BCUT2D eigenvalue weighted by Gasteiger charge is -2.10. The van der Waals surface area contributed by atoms with Gasteiger partial charge in [0.05, 0.1) is 17.4 Å². The molecule has 0 radical (unpaired) electrons. The number of hydrazine groups is 1. The Labute approximate surface area is 114 Å². The van der Waals surface area contributed by atoms with Crippen LogP contribution in [-0.4, -0.2) is 30.0 Å². The van der Waals surface area contributed by atoms with E-state index in [-0.39, 0.29) is 23.1 Å². The van der Waals surface area contributed by atoms with Crippen LogP contribution in [0.5, 0.6) is 0 Å². The fraction of sp³-hybridized carbons (Fsp3) is 0.333. The van der Waals surface area contributed by atoms with Gasteiger partial charge in [0, 0.05) is 24.3 Å². The van der Waals surface area contributed by atoms with Crippen molar-refractivity contribution in [2.45, 2.75) is 6.42 Å². The number of amides is 2. The molecule has 2 rings (SSSR count). The second-order valence-electron chi connectivity index (χ2n) is 4.31. The first-order chi connectivity index (χ1) is 9.58. The smallest absolute Gasteiger partial charge is 0.270 e. The van der Waals surface area contributed by atoms with Crippen LogP contribution in [0.3, 0.4) is 0 Å². The summed E-state index contributed by atoms with van der Waals surface area (Å²) in [5.74, 6) is -1.22. The minimum absolute atomic E-state index is 0.0992. The van der Waals surface area contributed by atoms with Crippen molar-refractivity contribution in [3.63, 3.8) is 0 Å². The van der Waals surface area contributed by atoms with Gasteiger partial charge in [-0.1, -0.05) is 6.07 Å². The second-order valence-corrected chi connectivity index (χ2v) is 4.31.